The summed E-state index contributed by atoms with van der Waals surface area (Å²) in [6.07, 6.45) is 3.37. The fourth-order valence-electron chi connectivity index (χ4n) is 2.04. The van der Waals surface area contributed by atoms with Crippen molar-refractivity contribution in [1.29, 1.82) is 0 Å². The lowest BCUT2D eigenvalue weighted by atomic mass is 9.82. The zero-order chi connectivity index (χ0) is 9.42. The van der Waals surface area contributed by atoms with Crippen molar-refractivity contribution in [2.45, 2.75) is 40.0 Å². The maximum absolute atomic E-state index is 4.60. The lowest BCUT2D eigenvalue weighted by molar-refractivity contribution is 0.355. The molecule has 13 heavy (non-hydrogen) atoms. The van der Waals surface area contributed by atoms with Gasteiger partial charge in [0.25, 0.3) is 0 Å². The van der Waals surface area contributed by atoms with Gasteiger partial charge < -0.3 is 4.98 Å². The van der Waals surface area contributed by atoms with Crippen molar-refractivity contribution in [1.82, 2.24) is 9.97 Å². The minimum atomic E-state index is 0.792. The number of aromatic nitrogens is 2. The van der Waals surface area contributed by atoms with Crippen molar-refractivity contribution in [2.75, 3.05) is 0 Å². The second-order valence-corrected chi connectivity index (χ2v) is 4.33. The second kappa shape index (κ2) is 3.17. The van der Waals surface area contributed by atoms with Crippen molar-refractivity contribution in [3.63, 3.8) is 0 Å². The Labute approximate surface area is 79.8 Å². The van der Waals surface area contributed by atoms with Gasteiger partial charge in [0.05, 0.1) is 5.69 Å². The normalized spacial score (nSPS) is 27.3. The maximum atomic E-state index is 4.60. The van der Waals surface area contributed by atoms with E-state index in [0.29, 0.717) is 0 Å². The van der Waals surface area contributed by atoms with Gasteiger partial charge in [-0.25, -0.2) is 4.98 Å². The molecule has 0 fully saturated rings. The first-order valence-corrected chi connectivity index (χ1v) is 5.27. The van der Waals surface area contributed by atoms with Crippen LogP contribution < -0.4 is 0 Å². The summed E-state index contributed by atoms with van der Waals surface area (Å²) < 4.78 is 0. The van der Waals surface area contributed by atoms with Crippen LogP contribution in [-0.4, -0.2) is 9.97 Å². The van der Waals surface area contributed by atoms with Gasteiger partial charge in [-0.15, -0.1) is 0 Å². The minimum absolute atomic E-state index is 0.792. The molecule has 1 aromatic heterocycles. The van der Waals surface area contributed by atoms with Gasteiger partial charge in [-0.3, -0.25) is 0 Å². The van der Waals surface area contributed by atoms with E-state index in [1.54, 1.807) is 0 Å². The average molecular weight is 178 g/mol. The molecule has 0 aromatic carbocycles. The van der Waals surface area contributed by atoms with Crippen LogP contribution in [-0.2, 0) is 19.3 Å². The Morgan fingerprint density at radius 1 is 1.31 bits per heavy atom. The molecule has 2 rings (SSSR count). The fourth-order valence-corrected chi connectivity index (χ4v) is 2.04. The number of hydrogen-bond donors (Lipinski definition) is 1. The summed E-state index contributed by atoms with van der Waals surface area (Å²) in [5.74, 6) is 2.75. The van der Waals surface area contributed by atoms with Crippen molar-refractivity contribution < 1.29 is 0 Å². The van der Waals surface area contributed by atoms with Crippen LogP contribution in [0.4, 0.5) is 0 Å². The third-order valence-corrected chi connectivity index (χ3v) is 3.26. The number of hydrogen-bond acceptors (Lipinski definition) is 1. The monoisotopic (exact) mass is 178 g/mol. The highest BCUT2D eigenvalue weighted by atomic mass is 14.9. The SMILES string of the molecule is CCc1nc2c([nH]1)CC(C)C(C)C2. The molecule has 2 unspecified atom stereocenters. The molecule has 1 aromatic rings. The smallest absolute Gasteiger partial charge is 0.106 e. The zero-order valence-corrected chi connectivity index (χ0v) is 8.72. The Morgan fingerprint density at radius 2 is 2.00 bits per heavy atom. The van der Waals surface area contributed by atoms with Gasteiger partial charge in [0.2, 0.25) is 0 Å². The van der Waals surface area contributed by atoms with E-state index >= 15 is 0 Å². The van der Waals surface area contributed by atoms with Gasteiger partial charge in [0.15, 0.2) is 0 Å². The molecule has 0 saturated carbocycles. The largest absolute Gasteiger partial charge is 0.346 e. The Hall–Kier alpha value is -0.790. The van der Waals surface area contributed by atoms with E-state index in [1.165, 1.54) is 17.8 Å². The number of imidazole rings is 1. The summed E-state index contributed by atoms with van der Waals surface area (Å²) in [6.45, 7) is 6.81. The van der Waals surface area contributed by atoms with Gasteiger partial charge in [0.1, 0.15) is 5.82 Å². The van der Waals surface area contributed by atoms with Gasteiger partial charge in [0, 0.05) is 12.1 Å². The van der Waals surface area contributed by atoms with Crippen molar-refractivity contribution >= 4 is 0 Å². The summed E-state index contributed by atoms with van der Waals surface area (Å²) in [6, 6.07) is 0. The van der Waals surface area contributed by atoms with E-state index in [0.717, 1.165) is 30.5 Å². The van der Waals surface area contributed by atoms with Crippen LogP contribution >= 0.6 is 0 Å². The first kappa shape index (κ1) is 8.79. The Kier molecular flexibility index (Phi) is 2.14. The molecule has 0 saturated heterocycles. The van der Waals surface area contributed by atoms with E-state index in [9.17, 15) is 0 Å². The van der Waals surface area contributed by atoms with Crippen LogP contribution in [0.5, 0.6) is 0 Å². The van der Waals surface area contributed by atoms with Crippen LogP contribution in [0, 0.1) is 11.8 Å². The van der Waals surface area contributed by atoms with Crippen LogP contribution in [0.15, 0.2) is 0 Å². The molecule has 1 N–H and O–H groups in total. The molecule has 2 atom stereocenters. The third kappa shape index (κ3) is 1.50. The molecule has 0 bridgehead atoms. The molecular weight excluding hydrogens is 160 g/mol. The number of nitrogens with zero attached hydrogens (tertiary/aromatic N) is 1. The van der Waals surface area contributed by atoms with Crippen molar-refractivity contribution in [3.8, 4) is 0 Å². The molecule has 2 nitrogen and oxygen atoms in total. The number of rotatable bonds is 1. The first-order chi connectivity index (χ1) is 6.20. The number of aryl methyl sites for hydroxylation is 1. The number of aromatic amines is 1. The average Bonchev–Trinajstić information content (AvgIpc) is 2.48. The summed E-state index contributed by atoms with van der Waals surface area (Å²) in [4.78, 5) is 8.02. The summed E-state index contributed by atoms with van der Waals surface area (Å²) in [5.41, 5.74) is 2.71. The molecule has 0 radical (unpaired) electrons. The number of fused-ring (bicyclic) bond motifs is 1. The Bertz CT molecular complexity index is 274. The lowest BCUT2D eigenvalue weighted by Gasteiger charge is -2.24. The molecule has 1 aliphatic rings. The Morgan fingerprint density at radius 3 is 2.69 bits per heavy atom. The molecule has 0 amide bonds. The molecule has 1 heterocycles. The van der Waals surface area contributed by atoms with Gasteiger partial charge in [-0.1, -0.05) is 20.8 Å². The van der Waals surface area contributed by atoms with Crippen LogP contribution in [0.25, 0.3) is 0 Å². The van der Waals surface area contributed by atoms with E-state index in [4.69, 9.17) is 0 Å². The maximum Gasteiger partial charge on any atom is 0.106 e. The number of H-pyrrole nitrogens is 1. The molecule has 1 aliphatic carbocycles. The number of nitrogens with one attached hydrogen (secondary N) is 1. The van der Waals surface area contributed by atoms with E-state index in [-0.39, 0.29) is 0 Å². The predicted molar refractivity (Wildman–Crippen MR) is 53.7 cm³/mol. The third-order valence-electron chi connectivity index (χ3n) is 3.26. The quantitative estimate of drug-likeness (QED) is 0.702. The van der Waals surface area contributed by atoms with Crippen molar-refractivity contribution in [2.24, 2.45) is 11.8 Å². The molecule has 0 spiro atoms. The van der Waals surface area contributed by atoms with Crippen LogP contribution in [0.1, 0.15) is 38.0 Å². The van der Waals surface area contributed by atoms with Gasteiger partial charge in [-0.2, -0.15) is 0 Å². The molecular formula is C11H18N2. The topological polar surface area (TPSA) is 28.7 Å². The predicted octanol–water partition coefficient (Wildman–Crippen LogP) is 2.34. The van der Waals surface area contributed by atoms with Gasteiger partial charge in [-0.05, 0) is 24.7 Å². The highest BCUT2D eigenvalue weighted by Gasteiger charge is 2.24. The first-order valence-electron chi connectivity index (χ1n) is 5.27. The van der Waals surface area contributed by atoms with Crippen molar-refractivity contribution in [3.05, 3.63) is 17.2 Å². The molecule has 0 aliphatic heterocycles. The van der Waals surface area contributed by atoms with Crippen LogP contribution in [0.3, 0.4) is 0 Å². The standard InChI is InChI=1S/C11H18N2/c1-4-11-12-9-5-7(2)8(3)6-10(9)13-11/h7-8H,4-6H2,1-3H3,(H,12,13). The summed E-state index contributed by atoms with van der Waals surface area (Å²) >= 11 is 0. The van der Waals surface area contributed by atoms with E-state index in [1.807, 2.05) is 0 Å². The highest BCUT2D eigenvalue weighted by Crippen LogP contribution is 2.28. The van der Waals surface area contributed by atoms with Gasteiger partial charge >= 0.3 is 0 Å². The lowest BCUT2D eigenvalue weighted by Crippen LogP contribution is -2.20. The van der Waals surface area contributed by atoms with Crippen LogP contribution in [0.2, 0.25) is 0 Å². The minimum Gasteiger partial charge on any atom is -0.346 e. The zero-order valence-electron chi connectivity index (χ0n) is 8.72. The molecule has 72 valence electrons. The second-order valence-electron chi connectivity index (χ2n) is 4.33. The summed E-state index contributed by atoms with van der Waals surface area (Å²) in [7, 11) is 0. The highest BCUT2D eigenvalue weighted by molar-refractivity contribution is 5.19. The molecule has 2 heteroatoms. The Balaban J connectivity index is 2.29. The summed E-state index contributed by atoms with van der Waals surface area (Å²) in [5, 5.41) is 0. The van der Waals surface area contributed by atoms with E-state index < -0.39 is 0 Å². The van der Waals surface area contributed by atoms with E-state index in [2.05, 4.69) is 30.7 Å². The fraction of sp³-hybridized carbons (Fsp3) is 0.727.